The van der Waals surface area contributed by atoms with Crippen molar-refractivity contribution in [3.05, 3.63) is 163 Å². The largest absolute Gasteiger partial charge is 0.310 e. The molecule has 2 heteroatoms. The van der Waals surface area contributed by atoms with E-state index in [4.69, 9.17) is 0 Å². The van der Waals surface area contributed by atoms with E-state index in [0.29, 0.717) is 0 Å². The minimum absolute atomic E-state index is 1.07. The SMILES string of the molecule is C1=Cc2c(c3cc(-c4ccccc4)ccc3n2-c2ccc(-c3ccc(-n4c5ccccc5c5ccccc54)cc3)cc2)CC1. The van der Waals surface area contributed by atoms with Gasteiger partial charge in [-0.15, -0.1) is 0 Å². The van der Waals surface area contributed by atoms with Crippen LogP contribution in [0.2, 0.25) is 0 Å². The zero-order valence-corrected chi connectivity index (χ0v) is 24.3. The molecule has 1 aliphatic carbocycles. The fourth-order valence-electron chi connectivity index (χ4n) is 7.13. The molecule has 0 unspecified atom stereocenters. The molecule has 2 heterocycles. The highest BCUT2D eigenvalue weighted by molar-refractivity contribution is 6.09. The van der Waals surface area contributed by atoms with Gasteiger partial charge in [-0.1, -0.05) is 103 Å². The van der Waals surface area contributed by atoms with Gasteiger partial charge in [-0.3, -0.25) is 0 Å². The minimum atomic E-state index is 1.07. The highest BCUT2D eigenvalue weighted by atomic mass is 15.0. The van der Waals surface area contributed by atoms with E-state index in [-0.39, 0.29) is 0 Å². The lowest BCUT2D eigenvalue weighted by molar-refractivity contribution is 0.967. The average Bonchev–Trinajstić information content (AvgIpc) is 3.62. The maximum absolute atomic E-state index is 2.43. The van der Waals surface area contributed by atoms with Crippen LogP contribution in [0, 0.1) is 0 Å². The summed E-state index contributed by atoms with van der Waals surface area (Å²) in [6, 6.07) is 53.0. The highest BCUT2D eigenvalue weighted by Gasteiger charge is 2.19. The minimum Gasteiger partial charge on any atom is -0.310 e. The van der Waals surface area contributed by atoms with Gasteiger partial charge >= 0.3 is 0 Å². The molecule has 0 saturated heterocycles. The van der Waals surface area contributed by atoms with Gasteiger partial charge in [-0.05, 0) is 95.3 Å². The van der Waals surface area contributed by atoms with Crippen LogP contribution >= 0.6 is 0 Å². The summed E-state index contributed by atoms with van der Waals surface area (Å²) >= 11 is 0. The zero-order chi connectivity index (χ0) is 29.0. The molecule has 0 saturated carbocycles. The molecule has 2 aromatic heterocycles. The number of allylic oxidation sites excluding steroid dienone is 1. The number of aryl methyl sites for hydroxylation is 1. The normalized spacial score (nSPS) is 12.7. The molecule has 0 spiro atoms. The second-order valence-corrected chi connectivity index (χ2v) is 11.7. The fraction of sp³-hybridized carbons (Fsp3) is 0.0476. The summed E-state index contributed by atoms with van der Waals surface area (Å²) in [4.78, 5) is 0. The van der Waals surface area contributed by atoms with Crippen molar-refractivity contribution in [1.82, 2.24) is 9.13 Å². The molecule has 0 aliphatic heterocycles. The van der Waals surface area contributed by atoms with Gasteiger partial charge in [0.2, 0.25) is 0 Å². The summed E-state index contributed by atoms with van der Waals surface area (Å²) in [7, 11) is 0. The van der Waals surface area contributed by atoms with Crippen molar-refractivity contribution in [2.45, 2.75) is 12.8 Å². The van der Waals surface area contributed by atoms with Crippen LogP contribution in [-0.2, 0) is 6.42 Å². The molecule has 0 atom stereocenters. The Labute approximate surface area is 256 Å². The summed E-state index contributed by atoms with van der Waals surface area (Å²) in [6.07, 6.45) is 6.78. The van der Waals surface area contributed by atoms with E-state index in [2.05, 4.69) is 167 Å². The molecule has 0 fully saturated rings. The summed E-state index contributed by atoms with van der Waals surface area (Å²) in [6.45, 7) is 0. The third kappa shape index (κ3) is 3.88. The first-order valence-corrected chi connectivity index (χ1v) is 15.4. The van der Waals surface area contributed by atoms with Crippen molar-refractivity contribution < 1.29 is 0 Å². The summed E-state index contributed by atoms with van der Waals surface area (Å²) in [5.41, 5.74) is 13.8. The summed E-state index contributed by atoms with van der Waals surface area (Å²) in [5, 5.41) is 3.93. The third-order valence-corrected chi connectivity index (χ3v) is 9.22. The number of nitrogens with zero attached hydrogens (tertiary/aromatic N) is 2. The van der Waals surface area contributed by atoms with Gasteiger partial charge in [-0.2, -0.15) is 0 Å². The lowest BCUT2D eigenvalue weighted by atomic mass is 9.98. The molecule has 0 bridgehead atoms. The van der Waals surface area contributed by atoms with E-state index < -0.39 is 0 Å². The van der Waals surface area contributed by atoms with Crippen LogP contribution in [0.1, 0.15) is 17.7 Å². The van der Waals surface area contributed by atoms with Crippen LogP contribution in [0.25, 0.3) is 72.4 Å². The second kappa shape index (κ2) is 10.00. The van der Waals surface area contributed by atoms with E-state index in [1.165, 1.54) is 77.6 Å². The summed E-state index contributed by atoms with van der Waals surface area (Å²) in [5.74, 6) is 0. The molecule has 6 aromatic carbocycles. The number of hydrogen-bond donors (Lipinski definition) is 0. The number of aromatic nitrogens is 2. The van der Waals surface area contributed by atoms with Gasteiger partial charge in [0.15, 0.2) is 0 Å². The highest BCUT2D eigenvalue weighted by Crippen LogP contribution is 2.37. The number of rotatable bonds is 4. The maximum Gasteiger partial charge on any atom is 0.0541 e. The monoisotopic (exact) mass is 562 g/mol. The van der Waals surface area contributed by atoms with Crippen LogP contribution in [0.5, 0.6) is 0 Å². The number of para-hydroxylation sites is 2. The Morgan fingerprint density at radius 2 is 0.932 bits per heavy atom. The molecular formula is C42H30N2. The molecule has 1 aliphatic rings. The number of hydrogen-bond acceptors (Lipinski definition) is 0. The zero-order valence-electron chi connectivity index (χ0n) is 24.3. The first kappa shape index (κ1) is 24.9. The van der Waals surface area contributed by atoms with Crippen molar-refractivity contribution in [3.8, 4) is 33.6 Å². The Morgan fingerprint density at radius 1 is 0.409 bits per heavy atom. The Balaban J connectivity index is 1.09. The van der Waals surface area contributed by atoms with E-state index >= 15 is 0 Å². The van der Waals surface area contributed by atoms with Gasteiger partial charge in [0, 0.05) is 33.2 Å². The second-order valence-electron chi connectivity index (χ2n) is 11.7. The van der Waals surface area contributed by atoms with Crippen LogP contribution < -0.4 is 0 Å². The van der Waals surface area contributed by atoms with Crippen LogP contribution in [-0.4, -0.2) is 9.13 Å². The molecule has 208 valence electrons. The predicted octanol–water partition coefficient (Wildman–Crippen LogP) is 11.0. The lowest BCUT2D eigenvalue weighted by Crippen LogP contribution is -2.00. The van der Waals surface area contributed by atoms with Gasteiger partial charge in [0.05, 0.1) is 16.6 Å². The van der Waals surface area contributed by atoms with Crippen molar-refractivity contribution in [3.63, 3.8) is 0 Å². The van der Waals surface area contributed by atoms with Crippen molar-refractivity contribution in [2.75, 3.05) is 0 Å². The Hall–Kier alpha value is -5.60. The quantitative estimate of drug-likeness (QED) is 0.202. The molecule has 9 rings (SSSR count). The first-order valence-electron chi connectivity index (χ1n) is 15.4. The standard InChI is InChI=1S/C42H30N2/c1-2-10-29(11-3-1)32-22-27-42-38(28-32)37-14-6-9-17-41(37)44(42)34-25-20-31(21-26-34)30-18-23-33(24-19-30)43-39-15-7-4-12-35(39)36-13-5-8-16-40(36)43/h1-5,7-13,15-28H,6,14H2. The predicted molar refractivity (Wildman–Crippen MR) is 186 cm³/mol. The van der Waals surface area contributed by atoms with Gasteiger partial charge in [0.1, 0.15) is 0 Å². The van der Waals surface area contributed by atoms with E-state index in [9.17, 15) is 0 Å². The van der Waals surface area contributed by atoms with Crippen molar-refractivity contribution in [2.24, 2.45) is 0 Å². The first-order chi connectivity index (χ1) is 21.8. The smallest absolute Gasteiger partial charge is 0.0541 e. The van der Waals surface area contributed by atoms with Crippen LogP contribution in [0.4, 0.5) is 0 Å². The van der Waals surface area contributed by atoms with Gasteiger partial charge < -0.3 is 9.13 Å². The Kier molecular flexibility index (Phi) is 5.67. The van der Waals surface area contributed by atoms with Crippen LogP contribution in [0.15, 0.2) is 152 Å². The fourth-order valence-corrected chi connectivity index (χ4v) is 7.13. The lowest BCUT2D eigenvalue weighted by Gasteiger charge is -2.13. The Bertz CT molecular complexity index is 2300. The summed E-state index contributed by atoms with van der Waals surface area (Å²) < 4.78 is 4.80. The van der Waals surface area contributed by atoms with Crippen molar-refractivity contribution >= 4 is 38.8 Å². The van der Waals surface area contributed by atoms with Gasteiger partial charge in [-0.25, -0.2) is 0 Å². The average molecular weight is 563 g/mol. The van der Waals surface area contributed by atoms with Gasteiger partial charge in [0.25, 0.3) is 0 Å². The molecule has 2 nitrogen and oxygen atoms in total. The third-order valence-electron chi connectivity index (χ3n) is 9.22. The van der Waals surface area contributed by atoms with E-state index in [1.807, 2.05) is 0 Å². The maximum atomic E-state index is 2.43. The molecule has 0 amide bonds. The molecule has 0 N–H and O–H groups in total. The molecule has 44 heavy (non-hydrogen) atoms. The molecule has 0 radical (unpaired) electrons. The topological polar surface area (TPSA) is 9.86 Å². The molecular weight excluding hydrogens is 532 g/mol. The number of benzene rings is 6. The number of fused-ring (bicyclic) bond motifs is 6. The molecule has 8 aromatic rings. The van der Waals surface area contributed by atoms with E-state index in [1.54, 1.807) is 0 Å². The van der Waals surface area contributed by atoms with Crippen molar-refractivity contribution in [1.29, 1.82) is 0 Å². The Morgan fingerprint density at radius 3 is 1.59 bits per heavy atom. The van der Waals surface area contributed by atoms with Crippen LogP contribution in [0.3, 0.4) is 0 Å². The van der Waals surface area contributed by atoms with E-state index in [0.717, 1.165) is 12.8 Å².